The number of aryl methyl sites for hydroxylation is 1. The molecule has 2 rings (SSSR count). The molecule has 0 amide bonds. The number of thiazole rings is 1. The predicted molar refractivity (Wildman–Crippen MR) is 77.5 cm³/mol. The van der Waals surface area contributed by atoms with Crippen molar-refractivity contribution in [3.8, 4) is 5.75 Å². The molecule has 1 atom stereocenters. The summed E-state index contributed by atoms with van der Waals surface area (Å²) < 4.78 is 5.68. The minimum atomic E-state index is -0.389. The van der Waals surface area contributed by atoms with E-state index in [1.165, 1.54) is 0 Å². The molecule has 1 N–H and O–H groups in total. The summed E-state index contributed by atoms with van der Waals surface area (Å²) in [5.41, 5.74) is 1.90. The van der Waals surface area contributed by atoms with Gasteiger partial charge in [-0.05, 0) is 30.5 Å². The SMILES string of the molecule is CCc1nc(COc2ccc([C@H](O)CC)cc2)cs1. The number of aliphatic hydroxyl groups excluding tert-OH is 1. The first kappa shape index (κ1) is 14.0. The lowest BCUT2D eigenvalue weighted by molar-refractivity contribution is 0.173. The van der Waals surface area contributed by atoms with E-state index in [-0.39, 0.29) is 6.10 Å². The van der Waals surface area contributed by atoms with E-state index in [1.54, 1.807) is 11.3 Å². The molecule has 1 heterocycles. The van der Waals surface area contributed by atoms with Crippen LogP contribution in [0.1, 0.15) is 42.6 Å². The Morgan fingerprint density at radius 1 is 1.26 bits per heavy atom. The molecule has 0 radical (unpaired) electrons. The van der Waals surface area contributed by atoms with Crippen molar-refractivity contribution in [1.29, 1.82) is 0 Å². The van der Waals surface area contributed by atoms with Crippen LogP contribution in [0.15, 0.2) is 29.6 Å². The van der Waals surface area contributed by atoms with Gasteiger partial charge in [-0.1, -0.05) is 26.0 Å². The minimum Gasteiger partial charge on any atom is -0.487 e. The lowest BCUT2D eigenvalue weighted by Gasteiger charge is -2.09. The molecule has 0 spiro atoms. The van der Waals surface area contributed by atoms with Gasteiger partial charge < -0.3 is 9.84 Å². The van der Waals surface area contributed by atoms with Crippen LogP contribution < -0.4 is 4.74 Å². The summed E-state index contributed by atoms with van der Waals surface area (Å²) in [4.78, 5) is 4.46. The summed E-state index contributed by atoms with van der Waals surface area (Å²) in [5.74, 6) is 0.804. The number of ether oxygens (including phenoxy) is 1. The number of hydrogen-bond donors (Lipinski definition) is 1. The van der Waals surface area contributed by atoms with E-state index in [0.717, 1.165) is 34.9 Å². The molecule has 0 saturated heterocycles. The van der Waals surface area contributed by atoms with Crippen LogP contribution in [0.25, 0.3) is 0 Å². The van der Waals surface area contributed by atoms with Crippen molar-refractivity contribution in [2.75, 3.05) is 0 Å². The molecule has 0 aliphatic carbocycles. The Morgan fingerprint density at radius 2 is 2.00 bits per heavy atom. The van der Waals surface area contributed by atoms with Crippen molar-refractivity contribution < 1.29 is 9.84 Å². The van der Waals surface area contributed by atoms with Crippen molar-refractivity contribution in [2.45, 2.75) is 39.4 Å². The van der Waals surface area contributed by atoms with Gasteiger partial charge >= 0.3 is 0 Å². The maximum absolute atomic E-state index is 9.71. The highest BCUT2D eigenvalue weighted by atomic mass is 32.1. The van der Waals surface area contributed by atoms with Gasteiger partial charge in [0.25, 0.3) is 0 Å². The predicted octanol–water partition coefficient (Wildman–Crippen LogP) is 3.73. The fraction of sp³-hybridized carbons (Fsp3) is 0.400. The van der Waals surface area contributed by atoms with E-state index in [9.17, 15) is 5.11 Å². The van der Waals surface area contributed by atoms with E-state index in [1.807, 2.05) is 36.6 Å². The van der Waals surface area contributed by atoms with Gasteiger partial charge in [-0.3, -0.25) is 0 Å². The smallest absolute Gasteiger partial charge is 0.131 e. The second kappa shape index (κ2) is 6.68. The Kier molecular flexibility index (Phi) is 4.93. The zero-order chi connectivity index (χ0) is 13.7. The molecule has 0 aliphatic heterocycles. The average molecular weight is 277 g/mol. The van der Waals surface area contributed by atoms with Crippen LogP contribution in [0.4, 0.5) is 0 Å². The summed E-state index contributed by atoms with van der Waals surface area (Å²) >= 11 is 1.67. The highest BCUT2D eigenvalue weighted by molar-refractivity contribution is 7.09. The second-order valence-electron chi connectivity index (χ2n) is 4.37. The molecule has 1 aromatic heterocycles. The topological polar surface area (TPSA) is 42.4 Å². The Labute approximate surface area is 117 Å². The average Bonchev–Trinajstić information content (AvgIpc) is 2.93. The van der Waals surface area contributed by atoms with Crippen LogP contribution in [0.5, 0.6) is 5.75 Å². The largest absolute Gasteiger partial charge is 0.487 e. The third-order valence-electron chi connectivity index (χ3n) is 2.94. The van der Waals surface area contributed by atoms with Gasteiger partial charge in [0.1, 0.15) is 12.4 Å². The van der Waals surface area contributed by atoms with Gasteiger partial charge in [-0.2, -0.15) is 0 Å². The molecular formula is C15H19NO2S. The normalized spacial score (nSPS) is 12.4. The molecule has 2 aromatic rings. The third-order valence-corrected chi connectivity index (χ3v) is 3.98. The van der Waals surface area contributed by atoms with Crippen LogP contribution in [0.3, 0.4) is 0 Å². The summed E-state index contributed by atoms with van der Waals surface area (Å²) in [7, 11) is 0. The first-order chi connectivity index (χ1) is 9.22. The van der Waals surface area contributed by atoms with Crippen molar-refractivity contribution in [3.63, 3.8) is 0 Å². The Balaban J connectivity index is 1.92. The molecule has 0 aliphatic rings. The number of aromatic nitrogens is 1. The summed E-state index contributed by atoms with van der Waals surface area (Å²) in [6, 6.07) is 7.59. The van der Waals surface area contributed by atoms with Gasteiger partial charge in [0.05, 0.1) is 16.8 Å². The number of rotatable bonds is 6. The maximum Gasteiger partial charge on any atom is 0.131 e. The van der Waals surface area contributed by atoms with E-state index in [2.05, 4.69) is 11.9 Å². The number of hydrogen-bond acceptors (Lipinski definition) is 4. The van der Waals surface area contributed by atoms with Gasteiger partial charge in [0, 0.05) is 5.38 Å². The van der Waals surface area contributed by atoms with Gasteiger partial charge in [0.2, 0.25) is 0 Å². The number of aliphatic hydroxyl groups is 1. The molecule has 0 unspecified atom stereocenters. The molecule has 0 fully saturated rings. The first-order valence-electron chi connectivity index (χ1n) is 6.57. The molecular weight excluding hydrogens is 258 g/mol. The maximum atomic E-state index is 9.71. The Hall–Kier alpha value is -1.39. The molecule has 1 aromatic carbocycles. The Morgan fingerprint density at radius 3 is 2.58 bits per heavy atom. The van der Waals surface area contributed by atoms with Crippen LogP contribution in [-0.4, -0.2) is 10.1 Å². The zero-order valence-electron chi connectivity index (χ0n) is 11.3. The second-order valence-corrected chi connectivity index (χ2v) is 5.31. The fourth-order valence-corrected chi connectivity index (χ4v) is 2.49. The Bertz CT molecular complexity index is 507. The summed E-state index contributed by atoms with van der Waals surface area (Å²) in [6.45, 7) is 4.55. The lowest BCUT2D eigenvalue weighted by Crippen LogP contribution is -1.98. The molecule has 3 nitrogen and oxygen atoms in total. The van der Waals surface area contributed by atoms with E-state index < -0.39 is 0 Å². The minimum absolute atomic E-state index is 0.389. The fourth-order valence-electron chi connectivity index (χ4n) is 1.76. The van der Waals surface area contributed by atoms with E-state index >= 15 is 0 Å². The van der Waals surface area contributed by atoms with Gasteiger partial charge in [0.15, 0.2) is 0 Å². The van der Waals surface area contributed by atoms with Crippen LogP contribution in [-0.2, 0) is 13.0 Å². The zero-order valence-corrected chi connectivity index (χ0v) is 12.1. The summed E-state index contributed by atoms with van der Waals surface area (Å²) in [5, 5.41) is 12.9. The van der Waals surface area contributed by atoms with Crippen LogP contribution in [0, 0.1) is 0 Å². The first-order valence-corrected chi connectivity index (χ1v) is 7.45. The standard InChI is InChI=1S/C15H19NO2S/c1-3-14(17)11-5-7-13(8-6-11)18-9-12-10-19-15(4-2)16-12/h5-8,10,14,17H,3-4,9H2,1-2H3/t14-/m1/s1. The van der Waals surface area contributed by atoms with Gasteiger partial charge in [-0.25, -0.2) is 4.98 Å². The molecule has 19 heavy (non-hydrogen) atoms. The van der Waals surface area contributed by atoms with E-state index in [4.69, 9.17) is 4.74 Å². The quantitative estimate of drug-likeness (QED) is 0.875. The highest BCUT2D eigenvalue weighted by Crippen LogP contribution is 2.20. The van der Waals surface area contributed by atoms with Crippen LogP contribution >= 0.6 is 11.3 Å². The molecule has 102 valence electrons. The monoisotopic (exact) mass is 277 g/mol. The molecule has 4 heteroatoms. The van der Waals surface area contributed by atoms with Crippen LogP contribution in [0.2, 0.25) is 0 Å². The van der Waals surface area contributed by atoms with E-state index in [0.29, 0.717) is 6.61 Å². The van der Waals surface area contributed by atoms with Crippen molar-refractivity contribution in [1.82, 2.24) is 4.98 Å². The lowest BCUT2D eigenvalue weighted by atomic mass is 10.1. The van der Waals surface area contributed by atoms with Crippen molar-refractivity contribution >= 4 is 11.3 Å². The van der Waals surface area contributed by atoms with Crippen molar-refractivity contribution in [2.24, 2.45) is 0 Å². The molecule has 0 bridgehead atoms. The number of nitrogens with zero attached hydrogens (tertiary/aromatic N) is 1. The molecule has 0 saturated carbocycles. The third kappa shape index (κ3) is 3.78. The number of benzene rings is 1. The van der Waals surface area contributed by atoms with Crippen molar-refractivity contribution in [3.05, 3.63) is 45.9 Å². The summed E-state index contributed by atoms with van der Waals surface area (Å²) in [6.07, 6.45) is 1.30. The van der Waals surface area contributed by atoms with Gasteiger partial charge in [-0.15, -0.1) is 11.3 Å². The highest BCUT2D eigenvalue weighted by Gasteiger charge is 2.05.